The van der Waals surface area contributed by atoms with Crippen LogP contribution in [0, 0.1) is 27.9 Å². The summed E-state index contributed by atoms with van der Waals surface area (Å²) in [4.78, 5) is 0. The number of hydrogen-bond donors (Lipinski definition) is 2. The number of phenols is 1. The Bertz CT molecular complexity index is 4290. The highest BCUT2D eigenvalue weighted by Gasteiger charge is 2.48. The summed E-state index contributed by atoms with van der Waals surface area (Å²) in [5.41, 5.74) is 10.5. The number of halogens is 4. The van der Waals surface area contributed by atoms with E-state index in [0.29, 0.717) is 22.4 Å². The Balaban J connectivity index is 1.11. The van der Waals surface area contributed by atoms with Crippen molar-refractivity contribution in [1.82, 2.24) is 9.13 Å². The molecule has 0 saturated carbocycles. The van der Waals surface area contributed by atoms with Gasteiger partial charge in [-0.05, 0) is 192 Å². The van der Waals surface area contributed by atoms with Crippen molar-refractivity contribution in [2.45, 2.75) is 210 Å². The van der Waals surface area contributed by atoms with E-state index in [1.807, 2.05) is 12.1 Å². The van der Waals surface area contributed by atoms with Gasteiger partial charge < -0.3 is 28.8 Å². The summed E-state index contributed by atoms with van der Waals surface area (Å²) in [6.45, 7) is 48.7. The minimum absolute atomic E-state index is 0.0616. The third-order valence-electron chi connectivity index (χ3n) is 18.9. The Morgan fingerprint density at radius 3 is 1.41 bits per heavy atom. The molecule has 0 amide bonds. The van der Waals surface area contributed by atoms with E-state index in [0.717, 1.165) is 67.6 Å². The highest BCUT2D eigenvalue weighted by molar-refractivity contribution is 6.31. The van der Waals surface area contributed by atoms with Crippen LogP contribution in [0.5, 0.6) is 11.5 Å². The molecule has 0 bridgehead atoms. The quantitative estimate of drug-likeness (QED) is 0.0841. The van der Waals surface area contributed by atoms with Crippen LogP contribution < -0.4 is 4.74 Å². The fourth-order valence-corrected chi connectivity index (χ4v) is 15.1. The van der Waals surface area contributed by atoms with Crippen LogP contribution in [-0.4, -0.2) is 38.3 Å². The van der Waals surface area contributed by atoms with Crippen molar-refractivity contribution in [1.29, 1.82) is 0 Å². The van der Waals surface area contributed by atoms with E-state index in [-0.39, 0.29) is 79.2 Å². The Hall–Kier alpha value is -6.42. The predicted molar refractivity (Wildman–Crippen MR) is 390 cm³/mol. The van der Waals surface area contributed by atoms with Gasteiger partial charge in [0.15, 0.2) is 11.6 Å². The van der Waals surface area contributed by atoms with Gasteiger partial charge in [0.2, 0.25) is 5.79 Å². The molecule has 2 unspecified atom stereocenters. The largest absolute Gasteiger partial charge is 0.505 e. The molecular weight excluding hydrogens is 1200 g/mol. The number of nitrogens with zero attached hydrogens (tertiary/aromatic N) is 2. The average molecular weight is 1300 g/mol. The van der Waals surface area contributed by atoms with Crippen LogP contribution in [0.3, 0.4) is 0 Å². The lowest BCUT2D eigenvalue weighted by atomic mass is 9.68. The number of fused-ring (bicyclic) bond motifs is 6. The molecule has 1 aliphatic rings. The molecule has 10 heteroatoms. The maximum atomic E-state index is 17.2. The minimum Gasteiger partial charge on any atom is -0.505 e. The summed E-state index contributed by atoms with van der Waals surface area (Å²) in [5, 5.41) is 31.8. The summed E-state index contributed by atoms with van der Waals surface area (Å²) < 4.78 is 51.2. The first-order chi connectivity index (χ1) is 42.8. The van der Waals surface area contributed by atoms with Gasteiger partial charge in [-0.25, -0.2) is 8.78 Å². The third kappa shape index (κ3) is 14.0. The highest BCUT2D eigenvalue weighted by Crippen LogP contribution is 2.54. The summed E-state index contributed by atoms with van der Waals surface area (Å²) in [5.74, 6) is -3.57. The molecular formula is C83H100Cl2F2N2O4. The van der Waals surface area contributed by atoms with Gasteiger partial charge in [-0.1, -0.05) is 206 Å². The van der Waals surface area contributed by atoms with Crippen molar-refractivity contribution >= 4 is 72.4 Å². The Morgan fingerprint density at radius 1 is 0.495 bits per heavy atom. The average Bonchev–Trinajstić information content (AvgIpc) is 1.64. The number of phenolic OH excluding ortho intramolecular Hbond substituents is 1. The zero-order valence-electron chi connectivity index (χ0n) is 59.4. The van der Waals surface area contributed by atoms with E-state index in [1.54, 1.807) is 12.1 Å². The second kappa shape index (κ2) is 24.0. The zero-order chi connectivity index (χ0) is 68.5. The molecule has 2 atom stereocenters. The van der Waals surface area contributed by atoms with Gasteiger partial charge in [0.05, 0.1) is 29.9 Å². The van der Waals surface area contributed by atoms with Crippen LogP contribution in [0.15, 0.2) is 133 Å². The number of aromatic nitrogens is 2. The second-order valence-corrected chi connectivity index (χ2v) is 35.4. The number of rotatable bonds is 14. The smallest absolute Gasteiger partial charge is 0.218 e. The molecule has 10 rings (SSSR count). The monoisotopic (exact) mass is 1300 g/mol. The summed E-state index contributed by atoms with van der Waals surface area (Å²) in [6, 6.07) is 36.8. The Morgan fingerprint density at radius 2 is 0.946 bits per heavy atom. The maximum Gasteiger partial charge on any atom is 0.218 e. The van der Waals surface area contributed by atoms with Gasteiger partial charge in [0, 0.05) is 65.7 Å². The van der Waals surface area contributed by atoms with Crippen molar-refractivity contribution in [2.75, 3.05) is 13.2 Å². The topological polar surface area (TPSA) is 68.8 Å². The van der Waals surface area contributed by atoms with Crippen LogP contribution in [0.25, 0.3) is 66.0 Å². The lowest BCUT2D eigenvalue weighted by molar-refractivity contribution is -0.179. The molecule has 2 aromatic heterocycles. The number of aromatic hydroxyl groups is 1. The van der Waals surface area contributed by atoms with Crippen molar-refractivity contribution in [3.05, 3.63) is 188 Å². The number of benzene rings is 7. The fraction of sp³-hybridized carbons (Fsp3) is 0.446. The SMILES string of the molecule is CC(C)(C)CC(C)(C)C1=CC(n2c3ccc(C(C)(C)C)cc3c3cc(C(C)(C)C)ccc32)C(O)(OCCCOc2c(F)cc(Cl)cc2-c2cc(C(C)(C)CC(C)(C)C)cc(-n3c4ccc(C(C)(C)C)cc4c4cc(C(C)(C)C)ccc43)c2O)C(c2cc(F)cc(Cl)c2)=C1. The van der Waals surface area contributed by atoms with Crippen LogP contribution in [0.1, 0.15) is 211 Å². The molecule has 494 valence electrons. The molecule has 93 heavy (non-hydrogen) atoms. The van der Waals surface area contributed by atoms with E-state index in [1.165, 1.54) is 40.5 Å². The van der Waals surface area contributed by atoms with Gasteiger partial charge in [-0.3, -0.25) is 0 Å². The number of hydrogen-bond acceptors (Lipinski definition) is 4. The summed E-state index contributed by atoms with van der Waals surface area (Å²) >= 11 is 13.6. The third-order valence-corrected chi connectivity index (χ3v) is 19.3. The molecule has 6 nitrogen and oxygen atoms in total. The first kappa shape index (κ1) is 69.4. The normalized spacial score (nSPS) is 16.7. The molecule has 0 saturated heterocycles. The zero-order valence-corrected chi connectivity index (χ0v) is 60.9. The van der Waals surface area contributed by atoms with Crippen molar-refractivity contribution < 1.29 is 28.5 Å². The maximum absolute atomic E-state index is 17.2. The first-order valence-corrected chi connectivity index (χ1v) is 34.0. The second-order valence-electron chi connectivity index (χ2n) is 34.6. The van der Waals surface area contributed by atoms with Crippen molar-refractivity contribution in [2.24, 2.45) is 16.2 Å². The Labute approximate surface area is 563 Å². The van der Waals surface area contributed by atoms with Crippen LogP contribution in [0.2, 0.25) is 10.0 Å². The van der Waals surface area contributed by atoms with Gasteiger partial charge >= 0.3 is 0 Å². The van der Waals surface area contributed by atoms with Gasteiger partial charge in [-0.2, -0.15) is 0 Å². The first-order valence-electron chi connectivity index (χ1n) is 33.2. The summed E-state index contributed by atoms with van der Waals surface area (Å²) in [6.07, 6.45) is 5.85. The molecule has 0 fully saturated rings. The lowest BCUT2D eigenvalue weighted by Gasteiger charge is -2.44. The van der Waals surface area contributed by atoms with Crippen LogP contribution >= 0.6 is 23.2 Å². The highest BCUT2D eigenvalue weighted by atomic mass is 35.5. The molecule has 9 aromatic rings. The molecule has 0 aliphatic heterocycles. The van der Waals surface area contributed by atoms with Gasteiger partial charge in [-0.15, -0.1) is 0 Å². The van der Waals surface area contributed by atoms with Crippen LogP contribution in [-0.2, 0) is 31.8 Å². The van der Waals surface area contributed by atoms with Gasteiger partial charge in [0.25, 0.3) is 0 Å². The predicted octanol–water partition coefficient (Wildman–Crippen LogP) is 24.0. The molecule has 2 heterocycles. The molecule has 0 radical (unpaired) electrons. The standard InChI is InChI=1S/C83H100Cl2F2N2O4/c1-75(2,3)47-81(19,20)54-40-63(73(90)71(42-54)88-67-28-24-50(77(7,8)9)36-59(67)60-37-51(78(10,11)12)25-29-68(60)88)64-45-57(85)46-66(87)74(64)92-32-23-33-93-83(91)65(49-34-56(84)44-58(86)35-49)41-55(82(21,22)48-76(4,5)6)43-72(83)89-69-30-26-52(79(13,14)15)38-61(69)62-39-53(80(16,17)18)27-31-70(62)89/h24-31,34-46,72,90-91H,23,32-33,47-48H2,1-22H3. The Kier molecular flexibility index (Phi) is 17.9. The summed E-state index contributed by atoms with van der Waals surface area (Å²) in [7, 11) is 0. The molecule has 0 spiro atoms. The van der Waals surface area contributed by atoms with Crippen molar-refractivity contribution in [3.63, 3.8) is 0 Å². The molecule has 2 N–H and O–H groups in total. The van der Waals surface area contributed by atoms with Gasteiger partial charge in [0.1, 0.15) is 17.6 Å². The van der Waals surface area contributed by atoms with E-state index >= 15 is 8.78 Å². The van der Waals surface area contributed by atoms with Crippen molar-refractivity contribution in [3.8, 4) is 28.3 Å². The van der Waals surface area contributed by atoms with E-state index in [4.69, 9.17) is 32.7 Å². The number of ether oxygens (including phenoxy) is 2. The minimum atomic E-state index is -2.16. The van der Waals surface area contributed by atoms with Crippen LogP contribution in [0.4, 0.5) is 8.78 Å². The number of aliphatic hydroxyl groups is 1. The van der Waals surface area contributed by atoms with E-state index in [9.17, 15) is 10.2 Å². The van der Waals surface area contributed by atoms with E-state index < -0.39 is 34.3 Å². The molecule has 1 aliphatic carbocycles. The molecule has 7 aromatic carbocycles. The lowest BCUT2D eigenvalue weighted by Crippen LogP contribution is -2.45. The van der Waals surface area contributed by atoms with E-state index in [2.05, 4.69) is 246 Å². The fourth-order valence-electron chi connectivity index (χ4n) is 14.7. The number of allylic oxidation sites excluding steroid dienone is 2.